The highest BCUT2D eigenvalue weighted by Gasteiger charge is 2.31. The van der Waals surface area contributed by atoms with Crippen molar-refractivity contribution in [2.45, 2.75) is 25.6 Å². The zero-order chi connectivity index (χ0) is 19.8. The highest BCUT2D eigenvalue weighted by Crippen LogP contribution is 2.31. The highest BCUT2D eigenvalue weighted by molar-refractivity contribution is 5.83. The summed E-state index contributed by atoms with van der Waals surface area (Å²) in [6.07, 6.45) is -4.43. The number of carbonyl (C=O) groups excluding carboxylic acids is 1. The Kier molecular flexibility index (Phi) is 4.82. The fourth-order valence-corrected chi connectivity index (χ4v) is 2.82. The van der Waals surface area contributed by atoms with Crippen molar-refractivity contribution in [3.63, 3.8) is 0 Å². The first kappa shape index (κ1) is 18.8. The lowest BCUT2D eigenvalue weighted by Crippen LogP contribution is -2.28. The van der Waals surface area contributed by atoms with Crippen molar-refractivity contribution < 1.29 is 23.1 Å². The zero-order valence-electron chi connectivity index (χ0n) is 14.7. The number of fused-ring (bicyclic) bond motifs is 1. The number of aromatic nitrogens is 2. The van der Waals surface area contributed by atoms with Gasteiger partial charge in [-0.3, -0.25) is 4.79 Å². The molecule has 5 nitrogen and oxygen atoms in total. The SMILES string of the molecule is CC(C(=O)NCc1nc2cc(C(F)(F)F)ccc2n1C)c1ccc(O)cc1. The Morgan fingerprint density at radius 2 is 1.89 bits per heavy atom. The van der Waals surface area contributed by atoms with Crippen LogP contribution in [-0.4, -0.2) is 20.6 Å². The molecular weight excluding hydrogens is 359 g/mol. The minimum absolute atomic E-state index is 0.0911. The standard InChI is InChI=1S/C19H18F3N3O2/c1-11(12-3-6-14(26)7-4-12)18(27)23-10-17-24-15-9-13(19(20,21)22)5-8-16(15)25(17)2/h3-9,11,26H,10H2,1-2H3,(H,23,27). The average molecular weight is 377 g/mol. The summed E-state index contributed by atoms with van der Waals surface area (Å²) >= 11 is 0. The summed E-state index contributed by atoms with van der Waals surface area (Å²) in [4.78, 5) is 16.6. The lowest BCUT2D eigenvalue weighted by Gasteiger charge is -2.12. The number of nitrogens with zero attached hydrogens (tertiary/aromatic N) is 2. The van der Waals surface area contributed by atoms with Gasteiger partial charge in [-0.1, -0.05) is 12.1 Å². The third kappa shape index (κ3) is 3.89. The van der Waals surface area contributed by atoms with Crippen molar-refractivity contribution in [3.8, 4) is 5.75 Å². The molecule has 1 amide bonds. The van der Waals surface area contributed by atoms with Crippen LogP contribution in [0.3, 0.4) is 0 Å². The molecule has 0 aliphatic carbocycles. The van der Waals surface area contributed by atoms with E-state index in [4.69, 9.17) is 0 Å². The molecule has 0 fully saturated rings. The van der Waals surface area contributed by atoms with Crippen molar-refractivity contribution in [2.75, 3.05) is 0 Å². The van der Waals surface area contributed by atoms with Crippen LogP contribution in [-0.2, 0) is 24.6 Å². The third-order valence-electron chi connectivity index (χ3n) is 4.51. The van der Waals surface area contributed by atoms with E-state index < -0.39 is 17.7 Å². The molecule has 8 heteroatoms. The molecule has 0 spiro atoms. The van der Waals surface area contributed by atoms with Crippen molar-refractivity contribution in [1.82, 2.24) is 14.9 Å². The Bertz CT molecular complexity index is 978. The van der Waals surface area contributed by atoms with Crippen LogP contribution in [0.15, 0.2) is 42.5 Å². The van der Waals surface area contributed by atoms with Gasteiger partial charge in [0.05, 0.1) is 29.1 Å². The van der Waals surface area contributed by atoms with Gasteiger partial charge in [-0.15, -0.1) is 0 Å². The van der Waals surface area contributed by atoms with E-state index in [0.717, 1.165) is 17.7 Å². The molecule has 142 valence electrons. The Morgan fingerprint density at radius 3 is 2.52 bits per heavy atom. The van der Waals surface area contributed by atoms with Crippen molar-refractivity contribution in [3.05, 3.63) is 59.4 Å². The minimum atomic E-state index is -4.43. The molecule has 1 unspecified atom stereocenters. The van der Waals surface area contributed by atoms with Crippen molar-refractivity contribution >= 4 is 16.9 Å². The number of hydrogen-bond donors (Lipinski definition) is 2. The van der Waals surface area contributed by atoms with Crippen LogP contribution in [0, 0.1) is 0 Å². The summed E-state index contributed by atoms with van der Waals surface area (Å²) in [6.45, 7) is 1.82. The Balaban J connectivity index is 1.75. The predicted molar refractivity (Wildman–Crippen MR) is 94.1 cm³/mol. The molecule has 27 heavy (non-hydrogen) atoms. The molecule has 0 saturated carbocycles. The Labute approximate surface area is 153 Å². The van der Waals surface area contributed by atoms with Crippen LogP contribution in [0.1, 0.15) is 29.8 Å². The summed E-state index contributed by atoms with van der Waals surface area (Å²) < 4.78 is 40.2. The van der Waals surface area contributed by atoms with Crippen LogP contribution in [0.4, 0.5) is 13.2 Å². The number of halogens is 3. The van der Waals surface area contributed by atoms with Crippen LogP contribution in [0.5, 0.6) is 5.75 Å². The van der Waals surface area contributed by atoms with Gasteiger partial charge in [0.2, 0.25) is 5.91 Å². The quantitative estimate of drug-likeness (QED) is 0.728. The maximum Gasteiger partial charge on any atom is 0.416 e. The van der Waals surface area contributed by atoms with Crippen LogP contribution < -0.4 is 5.32 Å². The van der Waals surface area contributed by atoms with Gasteiger partial charge in [-0.2, -0.15) is 13.2 Å². The third-order valence-corrected chi connectivity index (χ3v) is 4.51. The monoisotopic (exact) mass is 377 g/mol. The largest absolute Gasteiger partial charge is 0.508 e. The molecule has 0 bridgehead atoms. The summed E-state index contributed by atoms with van der Waals surface area (Å²) in [5, 5.41) is 12.1. The van der Waals surface area contributed by atoms with Crippen molar-refractivity contribution in [2.24, 2.45) is 7.05 Å². The number of hydrogen-bond acceptors (Lipinski definition) is 3. The lowest BCUT2D eigenvalue weighted by molar-refractivity contribution is -0.137. The van der Waals surface area contributed by atoms with Crippen LogP contribution in [0.25, 0.3) is 11.0 Å². The summed E-state index contributed by atoms with van der Waals surface area (Å²) in [5.74, 6) is -0.124. The number of nitrogens with one attached hydrogen (secondary N) is 1. The topological polar surface area (TPSA) is 67.2 Å². The Morgan fingerprint density at radius 1 is 1.22 bits per heavy atom. The first-order valence-electron chi connectivity index (χ1n) is 8.26. The molecule has 1 heterocycles. The van der Waals surface area contributed by atoms with Gasteiger partial charge < -0.3 is 15.0 Å². The minimum Gasteiger partial charge on any atom is -0.508 e. The van der Waals surface area contributed by atoms with Gasteiger partial charge in [-0.25, -0.2) is 4.98 Å². The molecular formula is C19H18F3N3O2. The molecule has 3 rings (SSSR count). The fraction of sp³-hybridized carbons (Fsp3) is 0.263. The maximum absolute atomic E-state index is 12.8. The molecule has 3 aromatic rings. The molecule has 1 aromatic heterocycles. The van der Waals surface area contributed by atoms with Gasteiger partial charge in [-0.05, 0) is 42.8 Å². The second-order valence-electron chi connectivity index (χ2n) is 6.32. The predicted octanol–water partition coefficient (Wildman–Crippen LogP) is 3.72. The molecule has 2 N–H and O–H groups in total. The first-order chi connectivity index (χ1) is 12.7. The number of phenols is 1. The normalized spacial score (nSPS) is 12.9. The molecule has 0 radical (unpaired) electrons. The Hall–Kier alpha value is -3.03. The fourth-order valence-electron chi connectivity index (χ4n) is 2.82. The van der Waals surface area contributed by atoms with E-state index in [-0.39, 0.29) is 23.7 Å². The molecule has 2 aromatic carbocycles. The van der Waals surface area contributed by atoms with Gasteiger partial charge in [0.25, 0.3) is 0 Å². The van der Waals surface area contributed by atoms with Gasteiger partial charge in [0.15, 0.2) is 0 Å². The molecule has 0 aliphatic rings. The number of imidazole rings is 1. The van der Waals surface area contributed by atoms with E-state index in [1.54, 1.807) is 30.7 Å². The number of rotatable bonds is 4. The first-order valence-corrected chi connectivity index (χ1v) is 8.26. The van der Waals surface area contributed by atoms with E-state index in [0.29, 0.717) is 11.3 Å². The highest BCUT2D eigenvalue weighted by atomic mass is 19.4. The van der Waals surface area contributed by atoms with E-state index in [2.05, 4.69) is 10.3 Å². The smallest absolute Gasteiger partial charge is 0.416 e. The molecule has 0 aliphatic heterocycles. The van der Waals surface area contributed by atoms with Crippen LogP contribution in [0.2, 0.25) is 0 Å². The van der Waals surface area contributed by atoms with Crippen LogP contribution >= 0.6 is 0 Å². The molecule has 0 saturated heterocycles. The summed E-state index contributed by atoms with van der Waals surface area (Å²) in [7, 11) is 1.69. The molecule has 1 atom stereocenters. The number of amides is 1. The number of aromatic hydroxyl groups is 1. The van der Waals surface area contributed by atoms with E-state index in [1.165, 1.54) is 18.2 Å². The average Bonchev–Trinajstić information content (AvgIpc) is 2.94. The summed E-state index contributed by atoms with van der Waals surface area (Å²) in [6, 6.07) is 9.71. The van der Waals surface area contributed by atoms with Gasteiger partial charge in [0.1, 0.15) is 11.6 Å². The summed E-state index contributed by atoms with van der Waals surface area (Å²) in [5.41, 5.74) is 0.761. The second kappa shape index (κ2) is 6.94. The van der Waals surface area contributed by atoms with Gasteiger partial charge >= 0.3 is 6.18 Å². The van der Waals surface area contributed by atoms with E-state index in [1.807, 2.05) is 0 Å². The number of aryl methyl sites for hydroxylation is 1. The van der Waals surface area contributed by atoms with Crippen molar-refractivity contribution in [1.29, 1.82) is 0 Å². The second-order valence-corrected chi connectivity index (χ2v) is 6.32. The lowest BCUT2D eigenvalue weighted by atomic mass is 10.0. The van der Waals surface area contributed by atoms with Gasteiger partial charge in [0, 0.05) is 7.05 Å². The zero-order valence-corrected chi connectivity index (χ0v) is 14.7. The maximum atomic E-state index is 12.8. The number of carbonyl (C=O) groups is 1. The number of benzene rings is 2. The number of alkyl halides is 3. The van der Waals surface area contributed by atoms with E-state index >= 15 is 0 Å². The number of phenolic OH excluding ortho intramolecular Hbond substituents is 1. The van der Waals surface area contributed by atoms with E-state index in [9.17, 15) is 23.1 Å².